The van der Waals surface area contributed by atoms with Gasteiger partial charge in [-0.25, -0.2) is 0 Å². The van der Waals surface area contributed by atoms with Crippen LogP contribution in [0.2, 0.25) is 0 Å². The summed E-state index contributed by atoms with van der Waals surface area (Å²) in [5, 5.41) is 10.8. The molecule has 17 heavy (non-hydrogen) atoms. The number of carbonyl (C=O) groups excluding carboxylic acids is 1. The first-order valence-corrected chi connectivity index (χ1v) is 4.64. The van der Waals surface area contributed by atoms with Crippen LogP contribution in [0.25, 0.3) is 0 Å². The van der Waals surface area contributed by atoms with Gasteiger partial charge in [0.2, 0.25) is 5.91 Å². The van der Waals surface area contributed by atoms with Gasteiger partial charge in [-0.15, -0.1) is 0 Å². The van der Waals surface area contributed by atoms with Gasteiger partial charge >= 0.3 is 0 Å². The zero-order valence-electron chi connectivity index (χ0n) is 9.10. The highest BCUT2D eigenvalue weighted by molar-refractivity contribution is 5.76. The summed E-state index contributed by atoms with van der Waals surface area (Å²) in [5.74, 6) is 4.79. The first-order valence-electron chi connectivity index (χ1n) is 4.64. The number of hydrogen-bond acceptors (Lipinski definition) is 4. The van der Waals surface area contributed by atoms with E-state index >= 15 is 0 Å². The molecule has 0 fully saturated rings. The molecular formula is C11H10N2O4. The number of nitrogens with two attached hydrogens (primary N) is 1. The van der Waals surface area contributed by atoms with Crippen LogP contribution in [0.1, 0.15) is 12.0 Å². The topological polar surface area (TPSA) is 95.5 Å². The van der Waals surface area contributed by atoms with E-state index in [1.807, 2.05) is 0 Å². The van der Waals surface area contributed by atoms with Crippen molar-refractivity contribution in [2.75, 3.05) is 7.11 Å². The molecule has 0 atom stereocenters. The molecule has 1 aromatic carbocycles. The molecule has 6 heteroatoms. The number of carbonyl (C=O) groups is 1. The number of nitro groups is 1. The normalized spacial score (nSPS) is 9.00. The van der Waals surface area contributed by atoms with Gasteiger partial charge in [-0.2, -0.15) is 0 Å². The summed E-state index contributed by atoms with van der Waals surface area (Å²) in [7, 11) is 1.41. The minimum Gasteiger partial charge on any atom is -0.497 e. The summed E-state index contributed by atoms with van der Waals surface area (Å²) in [6.07, 6.45) is -0.136. The average Bonchev–Trinajstić information content (AvgIpc) is 2.28. The lowest BCUT2D eigenvalue weighted by Gasteiger charge is -2.00. The zero-order chi connectivity index (χ0) is 12.8. The zero-order valence-corrected chi connectivity index (χ0v) is 9.10. The van der Waals surface area contributed by atoms with Crippen LogP contribution in [0.4, 0.5) is 5.69 Å². The highest BCUT2D eigenvalue weighted by atomic mass is 16.6. The molecule has 0 spiro atoms. The van der Waals surface area contributed by atoms with Crippen LogP contribution in [0.15, 0.2) is 18.2 Å². The highest BCUT2D eigenvalue weighted by Crippen LogP contribution is 2.23. The fraction of sp³-hybridized carbons (Fsp3) is 0.182. The number of hydrogen-bond donors (Lipinski definition) is 1. The molecule has 1 amide bonds. The second kappa shape index (κ2) is 5.51. The Hall–Kier alpha value is -2.55. The molecule has 2 N–H and O–H groups in total. The molecule has 88 valence electrons. The Balaban J connectivity index is 3.09. The Labute approximate surface area is 97.5 Å². The summed E-state index contributed by atoms with van der Waals surface area (Å²) < 4.78 is 4.88. The smallest absolute Gasteiger partial charge is 0.288 e. The van der Waals surface area contributed by atoms with E-state index in [1.54, 1.807) is 6.07 Å². The molecule has 6 nitrogen and oxygen atoms in total. The summed E-state index contributed by atoms with van der Waals surface area (Å²) in [6.45, 7) is 0. The molecule has 0 heterocycles. The van der Waals surface area contributed by atoms with Crippen molar-refractivity contribution in [2.45, 2.75) is 6.42 Å². The number of rotatable bonds is 3. The average molecular weight is 234 g/mol. The SMILES string of the molecule is COc1ccc(C#CCC(N)=O)c([N+](=O)[O-])c1. The Kier molecular flexibility index (Phi) is 4.06. The first kappa shape index (κ1) is 12.5. The van der Waals surface area contributed by atoms with E-state index in [0.29, 0.717) is 5.75 Å². The fourth-order valence-corrected chi connectivity index (χ4v) is 1.12. The van der Waals surface area contributed by atoms with Gasteiger partial charge < -0.3 is 10.5 Å². The van der Waals surface area contributed by atoms with Crippen molar-refractivity contribution < 1.29 is 14.5 Å². The lowest BCUT2D eigenvalue weighted by Crippen LogP contribution is -2.08. The van der Waals surface area contributed by atoms with Crippen molar-refractivity contribution in [3.05, 3.63) is 33.9 Å². The molecule has 0 aliphatic heterocycles. The Bertz CT molecular complexity index is 514. The molecule has 0 aliphatic carbocycles. The van der Waals surface area contributed by atoms with E-state index in [-0.39, 0.29) is 17.7 Å². The van der Waals surface area contributed by atoms with Gasteiger partial charge in [0.05, 0.1) is 24.5 Å². The van der Waals surface area contributed by atoms with Gasteiger partial charge in [-0.1, -0.05) is 11.8 Å². The predicted octanol–water partition coefficient (Wildman–Crippen LogP) is 0.830. The standard InChI is InChI=1S/C11H10N2O4/c1-17-9-6-5-8(3-2-4-11(12)14)10(7-9)13(15)16/h5-7H,4H2,1H3,(H2,12,14). The molecule has 0 bridgehead atoms. The molecule has 0 saturated heterocycles. The van der Waals surface area contributed by atoms with E-state index < -0.39 is 10.8 Å². The fourth-order valence-electron chi connectivity index (χ4n) is 1.12. The van der Waals surface area contributed by atoms with Crippen molar-refractivity contribution in [2.24, 2.45) is 5.73 Å². The summed E-state index contributed by atoms with van der Waals surface area (Å²) in [5.41, 5.74) is 4.96. The van der Waals surface area contributed by atoms with Crippen LogP contribution >= 0.6 is 0 Å². The number of nitro benzene ring substituents is 1. The minimum absolute atomic E-state index is 0.136. The van der Waals surface area contributed by atoms with Crippen LogP contribution in [0.3, 0.4) is 0 Å². The molecule has 0 aliphatic rings. The van der Waals surface area contributed by atoms with Crippen LogP contribution in [-0.4, -0.2) is 17.9 Å². The van der Waals surface area contributed by atoms with E-state index in [2.05, 4.69) is 11.8 Å². The lowest BCUT2D eigenvalue weighted by atomic mass is 10.1. The second-order valence-corrected chi connectivity index (χ2v) is 3.09. The third-order valence-corrected chi connectivity index (χ3v) is 1.89. The molecule has 1 aromatic rings. The number of nitrogens with zero attached hydrogens (tertiary/aromatic N) is 1. The summed E-state index contributed by atoms with van der Waals surface area (Å²) >= 11 is 0. The quantitative estimate of drug-likeness (QED) is 0.476. The molecule has 0 unspecified atom stereocenters. The number of ether oxygens (including phenoxy) is 1. The van der Waals surface area contributed by atoms with Crippen LogP contribution in [0.5, 0.6) is 5.75 Å². The molecule has 0 radical (unpaired) electrons. The van der Waals surface area contributed by atoms with Gasteiger partial charge in [0.15, 0.2) is 0 Å². The predicted molar refractivity (Wildman–Crippen MR) is 60.3 cm³/mol. The van der Waals surface area contributed by atoms with Crippen molar-refractivity contribution in [1.82, 2.24) is 0 Å². The largest absolute Gasteiger partial charge is 0.497 e. The second-order valence-electron chi connectivity index (χ2n) is 3.09. The van der Waals surface area contributed by atoms with E-state index in [9.17, 15) is 14.9 Å². The van der Waals surface area contributed by atoms with Gasteiger partial charge in [-0.05, 0) is 12.1 Å². The monoisotopic (exact) mass is 234 g/mol. The maximum absolute atomic E-state index is 10.8. The van der Waals surface area contributed by atoms with E-state index in [4.69, 9.17) is 10.5 Å². The summed E-state index contributed by atoms with van der Waals surface area (Å²) in [4.78, 5) is 20.7. The highest BCUT2D eigenvalue weighted by Gasteiger charge is 2.13. The number of methoxy groups -OCH3 is 1. The van der Waals surface area contributed by atoms with Crippen molar-refractivity contribution >= 4 is 11.6 Å². The maximum atomic E-state index is 10.8. The molecular weight excluding hydrogens is 224 g/mol. The summed E-state index contributed by atoms with van der Waals surface area (Å²) in [6, 6.07) is 4.29. The number of primary amides is 1. The lowest BCUT2D eigenvalue weighted by molar-refractivity contribution is -0.385. The Morgan fingerprint density at radius 2 is 2.29 bits per heavy atom. The van der Waals surface area contributed by atoms with Crippen LogP contribution in [-0.2, 0) is 4.79 Å². The molecule has 1 rings (SSSR count). The minimum atomic E-state index is -0.575. The van der Waals surface area contributed by atoms with Crippen molar-refractivity contribution in [3.8, 4) is 17.6 Å². The van der Waals surface area contributed by atoms with Crippen molar-refractivity contribution in [1.29, 1.82) is 0 Å². The van der Waals surface area contributed by atoms with Gasteiger partial charge in [0.25, 0.3) is 5.69 Å². The number of amides is 1. The molecule has 0 aromatic heterocycles. The van der Waals surface area contributed by atoms with Crippen LogP contribution in [0, 0.1) is 22.0 Å². The Morgan fingerprint density at radius 3 is 2.82 bits per heavy atom. The van der Waals surface area contributed by atoms with Gasteiger partial charge in [0, 0.05) is 0 Å². The van der Waals surface area contributed by atoms with Crippen LogP contribution < -0.4 is 10.5 Å². The third kappa shape index (κ3) is 3.50. The molecule has 0 saturated carbocycles. The first-order chi connectivity index (χ1) is 8.04. The maximum Gasteiger partial charge on any atom is 0.288 e. The van der Waals surface area contributed by atoms with Gasteiger partial charge in [-0.3, -0.25) is 14.9 Å². The Morgan fingerprint density at radius 1 is 1.59 bits per heavy atom. The van der Waals surface area contributed by atoms with E-state index in [0.717, 1.165) is 0 Å². The number of benzene rings is 1. The van der Waals surface area contributed by atoms with E-state index in [1.165, 1.54) is 19.2 Å². The third-order valence-electron chi connectivity index (χ3n) is 1.89. The van der Waals surface area contributed by atoms with Crippen molar-refractivity contribution in [3.63, 3.8) is 0 Å². The van der Waals surface area contributed by atoms with Gasteiger partial charge in [0.1, 0.15) is 11.3 Å².